The van der Waals surface area contributed by atoms with Gasteiger partial charge in [-0.3, -0.25) is 16.1 Å². The van der Waals surface area contributed by atoms with E-state index >= 15 is 0 Å². The van der Waals surface area contributed by atoms with Crippen LogP contribution in [0.15, 0.2) is 48.5 Å². The van der Waals surface area contributed by atoms with Gasteiger partial charge >= 0.3 is 10.1 Å². The van der Waals surface area contributed by atoms with Gasteiger partial charge in [-0.1, -0.05) is 52.0 Å². The molecule has 2 aromatic rings. The number of amides is 1. The van der Waals surface area contributed by atoms with Crippen LogP contribution in [0.3, 0.4) is 0 Å². The molecule has 8 heteroatoms. The van der Waals surface area contributed by atoms with E-state index in [0.717, 1.165) is 29.5 Å². The molecule has 0 atom stereocenters. The first-order valence-electron chi connectivity index (χ1n) is 10.2. The second-order valence-corrected chi connectivity index (χ2v) is 10.7. The first kappa shape index (κ1) is 24.8. The second kappa shape index (κ2) is 9.80. The molecule has 0 aromatic heterocycles. The van der Waals surface area contributed by atoms with Gasteiger partial charge in [0.2, 0.25) is 5.91 Å². The maximum atomic E-state index is 13.0. The van der Waals surface area contributed by atoms with E-state index in [1.807, 2.05) is 58.0 Å². The molecule has 0 heterocycles. The Balaban J connectivity index is 2.10. The summed E-state index contributed by atoms with van der Waals surface area (Å²) in [5.41, 5.74) is 4.33. The Kier molecular flexibility index (Phi) is 7.86. The summed E-state index contributed by atoms with van der Waals surface area (Å²) in [5.74, 6) is 5.49. The smallest absolute Gasteiger partial charge is 0.306 e. The van der Waals surface area contributed by atoms with Gasteiger partial charge in [-0.2, -0.15) is 8.42 Å². The summed E-state index contributed by atoms with van der Waals surface area (Å²) in [5, 5.41) is 3.00. The van der Waals surface area contributed by atoms with Gasteiger partial charge in [-0.15, -0.1) is 0 Å². The molecule has 7 nitrogen and oxygen atoms in total. The van der Waals surface area contributed by atoms with E-state index in [-0.39, 0.29) is 11.7 Å². The Morgan fingerprint density at radius 3 is 2.29 bits per heavy atom. The largest absolute Gasteiger partial charge is 0.383 e. The number of carbonyl (C=O) groups is 1. The molecule has 2 aromatic carbocycles. The molecule has 0 aliphatic heterocycles. The Morgan fingerprint density at radius 2 is 1.71 bits per heavy atom. The minimum absolute atomic E-state index is 0.0829. The zero-order valence-corrected chi connectivity index (χ0v) is 19.7. The standard InChI is InChI=1S/C23H33N3O4S/c1-22(2,18-7-6-8-20(15-18)30-31(5,28)29)16-23(3,4)21(27)26-19-11-9-17(10-12-19)13-14-25-24/h6-12,15,25H,13-14,16,24H2,1-5H3,(H,26,27). The van der Waals surface area contributed by atoms with Crippen LogP contribution in [-0.4, -0.2) is 27.1 Å². The fourth-order valence-corrected chi connectivity index (χ4v) is 4.16. The van der Waals surface area contributed by atoms with Crippen LogP contribution < -0.4 is 20.8 Å². The molecule has 0 aliphatic carbocycles. The third kappa shape index (κ3) is 7.65. The zero-order valence-electron chi connectivity index (χ0n) is 18.9. The third-order valence-electron chi connectivity index (χ3n) is 5.13. The molecule has 2 rings (SSSR count). The van der Waals surface area contributed by atoms with E-state index in [1.54, 1.807) is 18.2 Å². The second-order valence-electron chi connectivity index (χ2n) is 9.12. The molecule has 0 aliphatic rings. The van der Waals surface area contributed by atoms with Crippen LogP contribution in [0, 0.1) is 5.41 Å². The minimum atomic E-state index is -3.60. The maximum absolute atomic E-state index is 13.0. The van der Waals surface area contributed by atoms with Crippen LogP contribution in [0.1, 0.15) is 45.2 Å². The molecule has 170 valence electrons. The average molecular weight is 448 g/mol. The molecule has 0 unspecified atom stereocenters. The molecular formula is C23H33N3O4S. The fourth-order valence-electron chi connectivity index (χ4n) is 3.70. The van der Waals surface area contributed by atoms with E-state index in [1.165, 1.54) is 0 Å². The van der Waals surface area contributed by atoms with Crippen molar-refractivity contribution in [2.75, 3.05) is 18.1 Å². The van der Waals surface area contributed by atoms with Crippen LogP contribution in [-0.2, 0) is 26.7 Å². The molecule has 0 fully saturated rings. The number of nitrogens with two attached hydrogens (primary N) is 1. The highest BCUT2D eigenvalue weighted by molar-refractivity contribution is 7.86. The molecule has 0 spiro atoms. The van der Waals surface area contributed by atoms with Gasteiger partial charge < -0.3 is 9.50 Å². The highest BCUT2D eigenvalue weighted by Gasteiger charge is 2.36. The quantitative estimate of drug-likeness (QED) is 0.293. The number of hydrazine groups is 1. The summed E-state index contributed by atoms with van der Waals surface area (Å²) in [6.45, 7) is 8.55. The summed E-state index contributed by atoms with van der Waals surface area (Å²) >= 11 is 0. The third-order valence-corrected chi connectivity index (χ3v) is 5.63. The Bertz CT molecular complexity index is 1000. The van der Waals surface area contributed by atoms with Gasteiger partial charge in [0.15, 0.2) is 0 Å². The van der Waals surface area contributed by atoms with Crippen molar-refractivity contribution in [3.05, 3.63) is 59.7 Å². The van der Waals surface area contributed by atoms with Gasteiger partial charge in [-0.25, -0.2) is 0 Å². The van der Waals surface area contributed by atoms with E-state index < -0.39 is 20.9 Å². The lowest BCUT2D eigenvalue weighted by atomic mass is 9.71. The zero-order chi connectivity index (χ0) is 23.3. The number of rotatable bonds is 10. The molecule has 0 bridgehead atoms. The number of benzene rings is 2. The van der Waals surface area contributed by atoms with Gasteiger partial charge in [0, 0.05) is 17.6 Å². The van der Waals surface area contributed by atoms with Gasteiger partial charge in [-0.05, 0) is 53.6 Å². The van der Waals surface area contributed by atoms with Crippen molar-refractivity contribution in [1.82, 2.24) is 5.43 Å². The van der Waals surface area contributed by atoms with Crippen molar-refractivity contribution in [2.24, 2.45) is 11.3 Å². The van der Waals surface area contributed by atoms with Crippen LogP contribution in [0.25, 0.3) is 0 Å². The summed E-state index contributed by atoms with van der Waals surface area (Å²) in [6.07, 6.45) is 2.38. The minimum Gasteiger partial charge on any atom is -0.383 e. The van der Waals surface area contributed by atoms with Crippen LogP contribution in [0.2, 0.25) is 0 Å². The Hall–Kier alpha value is -2.42. The van der Waals surface area contributed by atoms with Crippen LogP contribution >= 0.6 is 0 Å². The van der Waals surface area contributed by atoms with Crippen molar-refractivity contribution in [2.45, 2.75) is 46.0 Å². The van der Waals surface area contributed by atoms with Gasteiger partial charge in [0.1, 0.15) is 5.75 Å². The summed E-state index contributed by atoms with van der Waals surface area (Å²) in [4.78, 5) is 13.0. The van der Waals surface area contributed by atoms with Gasteiger partial charge in [0.25, 0.3) is 0 Å². The van der Waals surface area contributed by atoms with E-state index in [9.17, 15) is 13.2 Å². The van der Waals surface area contributed by atoms with Gasteiger partial charge in [0.05, 0.1) is 6.26 Å². The Labute approximate surface area is 185 Å². The van der Waals surface area contributed by atoms with E-state index in [0.29, 0.717) is 13.0 Å². The van der Waals surface area contributed by atoms with Crippen molar-refractivity contribution in [3.8, 4) is 5.75 Å². The highest BCUT2D eigenvalue weighted by atomic mass is 32.2. The molecular weight excluding hydrogens is 414 g/mol. The molecule has 0 radical (unpaired) electrons. The SMILES string of the molecule is CC(C)(CC(C)(C)c1cccc(OS(C)(=O)=O)c1)C(=O)Nc1ccc(CCNN)cc1. The topological polar surface area (TPSA) is 111 Å². The summed E-state index contributed by atoms with van der Waals surface area (Å²) in [6, 6.07) is 14.7. The molecule has 1 amide bonds. The predicted octanol–water partition coefficient (Wildman–Crippen LogP) is 3.36. The lowest BCUT2D eigenvalue weighted by molar-refractivity contribution is -0.124. The number of hydrogen-bond acceptors (Lipinski definition) is 6. The molecule has 0 saturated heterocycles. The first-order valence-corrected chi connectivity index (χ1v) is 12.0. The fraction of sp³-hybridized carbons (Fsp3) is 0.435. The number of nitrogens with one attached hydrogen (secondary N) is 2. The van der Waals surface area contributed by atoms with E-state index in [4.69, 9.17) is 10.0 Å². The number of hydrogen-bond donors (Lipinski definition) is 3. The van der Waals surface area contributed by atoms with Crippen LogP contribution in [0.5, 0.6) is 5.75 Å². The summed E-state index contributed by atoms with van der Waals surface area (Å²) < 4.78 is 27.9. The van der Waals surface area contributed by atoms with E-state index in [2.05, 4.69) is 10.7 Å². The normalized spacial score (nSPS) is 12.5. The lowest BCUT2D eigenvalue weighted by Gasteiger charge is -2.34. The highest BCUT2D eigenvalue weighted by Crippen LogP contribution is 2.38. The van der Waals surface area contributed by atoms with Crippen molar-refractivity contribution < 1.29 is 17.4 Å². The maximum Gasteiger partial charge on any atom is 0.306 e. The van der Waals surface area contributed by atoms with Crippen LogP contribution in [0.4, 0.5) is 5.69 Å². The summed E-state index contributed by atoms with van der Waals surface area (Å²) in [7, 11) is -3.60. The van der Waals surface area contributed by atoms with Crippen molar-refractivity contribution in [3.63, 3.8) is 0 Å². The van der Waals surface area contributed by atoms with Crippen molar-refractivity contribution >= 4 is 21.7 Å². The number of anilines is 1. The average Bonchev–Trinajstić information content (AvgIpc) is 2.65. The number of carbonyl (C=O) groups excluding carboxylic acids is 1. The molecule has 4 N–H and O–H groups in total. The first-order chi connectivity index (χ1) is 14.3. The lowest BCUT2D eigenvalue weighted by Crippen LogP contribution is -2.36. The predicted molar refractivity (Wildman–Crippen MR) is 124 cm³/mol. The monoisotopic (exact) mass is 447 g/mol. The molecule has 31 heavy (non-hydrogen) atoms. The molecule has 0 saturated carbocycles. The Morgan fingerprint density at radius 1 is 1.06 bits per heavy atom. The van der Waals surface area contributed by atoms with Crippen molar-refractivity contribution in [1.29, 1.82) is 0 Å².